The molecule has 1 aromatic rings. The summed E-state index contributed by atoms with van der Waals surface area (Å²) in [6.07, 6.45) is 6.17. The standard InChI is InChI=1S/C34H48O3/c1-18(2)24-14-25(23-12-10-11-13-23)20(4)28-26(24)16-32(7)17-33(8)15-19(3)27(22(6)35)31(37)34(33,9)21(5)29(32)30(28)36/h14,18,23,30-31,36-37H,10-13,15-17H2,1-9H3. The summed E-state index contributed by atoms with van der Waals surface area (Å²) in [4.78, 5) is 12.6. The third-order valence-corrected chi connectivity index (χ3v) is 11.5. The van der Waals surface area contributed by atoms with E-state index in [4.69, 9.17) is 0 Å². The van der Waals surface area contributed by atoms with Gasteiger partial charge < -0.3 is 10.2 Å². The Hall–Kier alpha value is -1.71. The number of ketones is 1. The number of hydrogen-bond donors (Lipinski definition) is 2. The number of benzene rings is 1. The third kappa shape index (κ3) is 3.55. The van der Waals surface area contributed by atoms with Crippen molar-refractivity contribution in [2.24, 2.45) is 16.2 Å². The molecule has 0 radical (unpaired) electrons. The first-order valence-electron chi connectivity index (χ1n) is 14.6. The molecule has 37 heavy (non-hydrogen) atoms. The fourth-order valence-corrected chi connectivity index (χ4v) is 9.67. The number of hydrogen-bond acceptors (Lipinski definition) is 3. The maximum atomic E-state index is 12.6. The average Bonchev–Trinajstić information content (AvgIpc) is 3.30. The van der Waals surface area contributed by atoms with Gasteiger partial charge in [-0.15, -0.1) is 0 Å². The molecule has 3 heteroatoms. The van der Waals surface area contributed by atoms with Crippen LogP contribution in [0.4, 0.5) is 0 Å². The van der Waals surface area contributed by atoms with Crippen molar-refractivity contribution < 1.29 is 15.0 Å². The van der Waals surface area contributed by atoms with Gasteiger partial charge in [-0.3, -0.25) is 4.79 Å². The van der Waals surface area contributed by atoms with Crippen molar-refractivity contribution in [3.05, 3.63) is 56.2 Å². The molecule has 0 amide bonds. The fraction of sp³-hybridized carbons (Fsp3) is 0.676. The first-order chi connectivity index (χ1) is 17.2. The highest BCUT2D eigenvalue weighted by atomic mass is 16.3. The van der Waals surface area contributed by atoms with Crippen LogP contribution in [0.25, 0.3) is 0 Å². The zero-order valence-corrected chi connectivity index (χ0v) is 24.6. The summed E-state index contributed by atoms with van der Waals surface area (Å²) in [7, 11) is 0. The summed E-state index contributed by atoms with van der Waals surface area (Å²) in [5.74, 6) is 0.964. The molecule has 0 aliphatic heterocycles. The van der Waals surface area contributed by atoms with Gasteiger partial charge in [-0.2, -0.15) is 0 Å². The molecule has 4 aliphatic carbocycles. The molecule has 0 heterocycles. The molecule has 0 bridgehead atoms. The lowest BCUT2D eigenvalue weighted by molar-refractivity contribution is -0.118. The second-order valence-corrected chi connectivity index (χ2v) is 14.2. The Bertz CT molecular complexity index is 1230. The molecule has 202 valence electrons. The van der Waals surface area contributed by atoms with Gasteiger partial charge in [-0.25, -0.2) is 0 Å². The lowest BCUT2D eigenvalue weighted by atomic mass is 9.42. The van der Waals surface area contributed by atoms with Gasteiger partial charge in [0.2, 0.25) is 0 Å². The summed E-state index contributed by atoms with van der Waals surface area (Å²) in [6.45, 7) is 19.4. The number of aliphatic hydroxyl groups is 2. The molecule has 0 saturated heterocycles. The van der Waals surface area contributed by atoms with Crippen LogP contribution in [0.1, 0.15) is 140 Å². The van der Waals surface area contributed by atoms with Crippen LogP contribution < -0.4 is 0 Å². The Morgan fingerprint density at radius 2 is 1.65 bits per heavy atom. The highest BCUT2D eigenvalue weighted by Gasteiger charge is 2.62. The highest BCUT2D eigenvalue weighted by molar-refractivity contribution is 5.95. The van der Waals surface area contributed by atoms with Gasteiger partial charge in [-0.05, 0) is 116 Å². The Balaban J connectivity index is 1.76. The van der Waals surface area contributed by atoms with Crippen molar-refractivity contribution in [1.82, 2.24) is 0 Å². The van der Waals surface area contributed by atoms with E-state index in [-0.39, 0.29) is 16.6 Å². The van der Waals surface area contributed by atoms with Gasteiger partial charge in [-0.1, -0.05) is 64.7 Å². The van der Waals surface area contributed by atoms with Crippen LogP contribution in [0.15, 0.2) is 28.4 Å². The van der Waals surface area contributed by atoms with E-state index in [2.05, 4.69) is 54.5 Å². The minimum absolute atomic E-state index is 0.0347. The van der Waals surface area contributed by atoms with E-state index < -0.39 is 17.6 Å². The minimum atomic E-state index is -0.855. The predicted octanol–water partition coefficient (Wildman–Crippen LogP) is 7.77. The highest BCUT2D eigenvalue weighted by Crippen LogP contribution is 2.69. The second kappa shape index (κ2) is 8.65. The van der Waals surface area contributed by atoms with Crippen LogP contribution in [-0.4, -0.2) is 22.1 Å². The van der Waals surface area contributed by atoms with E-state index in [9.17, 15) is 15.0 Å². The number of Topliss-reactive ketones (excluding diaryl/α,β-unsaturated/α-hetero) is 1. The molecule has 1 saturated carbocycles. The number of allylic oxidation sites excluding steroid dienone is 1. The molecule has 4 aliphatic rings. The van der Waals surface area contributed by atoms with Gasteiger partial charge in [0.1, 0.15) is 6.10 Å². The molecule has 1 fully saturated rings. The number of fused-ring (bicyclic) bond motifs is 3. The Morgan fingerprint density at radius 1 is 1.03 bits per heavy atom. The van der Waals surface area contributed by atoms with Gasteiger partial charge >= 0.3 is 0 Å². The SMILES string of the molecule is CC(=O)C1=C(C)CC2(C)CC3(C)Cc4c(C(C)C)cc(C5CCCC5)c(C)c4C(O)C3=C(C)C2(C)C1O. The molecule has 0 spiro atoms. The molecule has 1 aromatic carbocycles. The monoisotopic (exact) mass is 504 g/mol. The topological polar surface area (TPSA) is 57.5 Å². The zero-order valence-electron chi connectivity index (χ0n) is 24.6. The summed E-state index contributed by atoms with van der Waals surface area (Å²) in [5, 5.41) is 24.2. The van der Waals surface area contributed by atoms with Crippen molar-refractivity contribution in [1.29, 1.82) is 0 Å². The molecule has 5 unspecified atom stereocenters. The molecule has 2 N–H and O–H groups in total. The van der Waals surface area contributed by atoms with Crippen molar-refractivity contribution in [2.75, 3.05) is 0 Å². The van der Waals surface area contributed by atoms with E-state index in [0.29, 0.717) is 17.4 Å². The number of aliphatic hydroxyl groups excluding tert-OH is 2. The van der Waals surface area contributed by atoms with Gasteiger partial charge in [0, 0.05) is 11.0 Å². The second-order valence-electron chi connectivity index (χ2n) is 14.2. The lowest BCUT2D eigenvalue weighted by Crippen LogP contribution is -2.58. The quantitative estimate of drug-likeness (QED) is 0.413. The first kappa shape index (κ1) is 26.9. The van der Waals surface area contributed by atoms with Crippen LogP contribution in [0.3, 0.4) is 0 Å². The van der Waals surface area contributed by atoms with Crippen molar-refractivity contribution in [3.8, 4) is 0 Å². The average molecular weight is 505 g/mol. The lowest BCUT2D eigenvalue weighted by Gasteiger charge is -2.63. The first-order valence-corrected chi connectivity index (χ1v) is 14.6. The molecular formula is C34H48O3. The van der Waals surface area contributed by atoms with E-state index >= 15 is 0 Å². The molecule has 5 rings (SSSR count). The predicted molar refractivity (Wildman–Crippen MR) is 151 cm³/mol. The summed E-state index contributed by atoms with van der Waals surface area (Å²) < 4.78 is 0. The maximum Gasteiger partial charge on any atom is 0.158 e. The maximum absolute atomic E-state index is 12.6. The molecule has 0 aromatic heterocycles. The third-order valence-electron chi connectivity index (χ3n) is 11.5. The van der Waals surface area contributed by atoms with Crippen molar-refractivity contribution >= 4 is 5.78 Å². The van der Waals surface area contributed by atoms with Crippen LogP contribution in [0.5, 0.6) is 0 Å². The van der Waals surface area contributed by atoms with E-state index in [1.807, 2.05) is 6.92 Å². The summed E-state index contributed by atoms with van der Waals surface area (Å²) >= 11 is 0. The van der Waals surface area contributed by atoms with Crippen LogP contribution in [-0.2, 0) is 11.2 Å². The normalized spacial score (nSPS) is 36.1. The summed E-state index contributed by atoms with van der Waals surface area (Å²) in [5.41, 5.74) is 9.45. The zero-order chi connectivity index (χ0) is 27.2. The molecular weight excluding hydrogens is 456 g/mol. The fourth-order valence-electron chi connectivity index (χ4n) is 9.67. The van der Waals surface area contributed by atoms with Crippen LogP contribution >= 0.6 is 0 Å². The minimum Gasteiger partial charge on any atom is -0.387 e. The molecule has 5 atom stereocenters. The van der Waals surface area contributed by atoms with E-state index in [1.54, 1.807) is 6.92 Å². The smallest absolute Gasteiger partial charge is 0.158 e. The van der Waals surface area contributed by atoms with Gasteiger partial charge in [0.25, 0.3) is 0 Å². The van der Waals surface area contributed by atoms with Crippen molar-refractivity contribution in [2.45, 2.75) is 131 Å². The van der Waals surface area contributed by atoms with Gasteiger partial charge in [0.15, 0.2) is 5.78 Å². The number of carbonyl (C=O) groups is 1. The Morgan fingerprint density at radius 3 is 2.22 bits per heavy atom. The summed E-state index contributed by atoms with van der Waals surface area (Å²) in [6, 6.07) is 2.50. The Labute approximate surface area is 224 Å². The Kier molecular flexibility index (Phi) is 6.28. The number of carbonyl (C=O) groups excluding carboxylic acids is 1. The van der Waals surface area contributed by atoms with E-state index in [0.717, 1.165) is 41.5 Å². The number of rotatable bonds is 3. The van der Waals surface area contributed by atoms with Crippen LogP contribution in [0.2, 0.25) is 0 Å². The van der Waals surface area contributed by atoms with Crippen LogP contribution in [0, 0.1) is 23.2 Å². The van der Waals surface area contributed by atoms with Crippen molar-refractivity contribution in [3.63, 3.8) is 0 Å². The molecule has 3 nitrogen and oxygen atoms in total. The van der Waals surface area contributed by atoms with Gasteiger partial charge in [0.05, 0.1) is 6.10 Å². The largest absolute Gasteiger partial charge is 0.387 e. The van der Waals surface area contributed by atoms with E-state index in [1.165, 1.54) is 47.9 Å².